The minimum absolute atomic E-state index is 0.0506. The topological polar surface area (TPSA) is 103 Å². The Labute approximate surface area is 149 Å². The maximum atomic E-state index is 12.2. The van der Waals surface area contributed by atoms with Crippen molar-refractivity contribution in [3.63, 3.8) is 0 Å². The normalized spacial score (nSPS) is 29.2. The molecule has 2 aliphatic rings. The first kappa shape index (κ1) is 18.3. The number of amides is 1. The third-order valence-electron chi connectivity index (χ3n) is 5.97. The second kappa shape index (κ2) is 7.03. The zero-order valence-corrected chi connectivity index (χ0v) is 15.5. The van der Waals surface area contributed by atoms with Gasteiger partial charge in [0, 0.05) is 24.5 Å². The lowest BCUT2D eigenvalue weighted by Crippen LogP contribution is -2.67. The van der Waals surface area contributed by atoms with Gasteiger partial charge < -0.3 is 20.3 Å². The second-order valence-corrected chi connectivity index (χ2v) is 7.94. The Morgan fingerprint density at radius 3 is 2.72 bits per heavy atom. The van der Waals surface area contributed by atoms with E-state index in [1.165, 1.54) is 19.3 Å². The van der Waals surface area contributed by atoms with E-state index in [1.807, 2.05) is 6.92 Å². The van der Waals surface area contributed by atoms with Gasteiger partial charge in [0.1, 0.15) is 5.54 Å². The van der Waals surface area contributed by atoms with E-state index in [0.717, 1.165) is 12.8 Å². The van der Waals surface area contributed by atoms with Gasteiger partial charge in [0.15, 0.2) is 5.82 Å². The van der Waals surface area contributed by atoms with Crippen LogP contribution in [0.5, 0.6) is 0 Å². The molecule has 2 aliphatic carbocycles. The molecule has 1 aromatic rings. The summed E-state index contributed by atoms with van der Waals surface area (Å²) in [6.07, 6.45) is 6.59. The van der Waals surface area contributed by atoms with Crippen LogP contribution in [0.2, 0.25) is 0 Å². The van der Waals surface area contributed by atoms with Gasteiger partial charge in [-0.1, -0.05) is 38.3 Å². The molecule has 0 bridgehead atoms. The fraction of sp³-hybridized carbons (Fsp3) is 0.833. The van der Waals surface area contributed by atoms with Crippen LogP contribution in [0, 0.1) is 5.41 Å². The quantitative estimate of drug-likeness (QED) is 0.814. The van der Waals surface area contributed by atoms with Crippen LogP contribution in [0.3, 0.4) is 0 Å². The predicted molar refractivity (Wildman–Crippen MR) is 92.7 cm³/mol. The van der Waals surface area contributed by atoms with Gasteiger partial charge in [-0.05, 0) is 19.8 Å². The van der Waals surface area contributed by atoms with Crippen molar-refractivity contribution in [2.24, 2.45) is 11.1 Å². The fourth-order valence-electron chi connectivity index (χ4n) is 3.97. The standard InChI is InChI=1S/C18H30N4O3/c1-4-24-13-11-18(19,17(13,2)3)16-21-14(22-25-16)10-15(23)20-12-8-6-5-7-9-12/h12-13H,4-11,19H2,1-3H3,(H,20,23). The predicted octanol–water partition coefficient (Wildman–Crippen LogP) is 2.05. The van der Waals surface area contributed by atoms with Crippen molar-refractivity contribution in [2.45, 2.75) is 83.4 Å². The number of hydrogen-bond acceptors (Lipinski definition) is 6. The van der Waals surface area contributed by atoms with E-state index in [0.29, 0.717) is 24.7 Å². The van der Waals surface area contributed by atoms with Crippen LogP contribution < -0.4 is 11.1 Å². The SMILES string of the molecule is CCOC1CC(N)(c2nc(CC(=O)NC3CCCCC3)no2)C1(C)C. The van der Waals surface area contributed by atoms with Crippen molar-refractivity contribution >= 4 is 5.91 Å². The lowest BCUT2D eigenvalue weighted by Gasteiger charge is -2.56. The maximum Gasteiger partial charge on any atom is 0.247 e. The molecule has 3 N–H and O–H groups in total. The highest BCUT2D eigenvalue weighted by Crippen LogP contribution is 2.55. The summed E-state index contributed by atoms with van der Waals surface area (Å²) >= 11 is 0. The molecule has 2 unspecified atom stereocenters. The van der Waals surface area contributed by atoms with E-state index in [4.69, 9.17) is 15.0 Å². The van der Waals surface area contributed by atoms with Crippen LogP contribution in [0.1, 0.15) is 71.0 Å². The third kappa shape index (κ3) is 3.44. The lowest BCUT2D eigenvalue weighted by atomic mass is 9.54. The molecule has 25 heavy (non-hydrogen) atoms. The zero-order valence-electron chi connectivity index (χ0n) is 15.5. The molecular weight excluding hydrogens is 320 g/mol. The number of aromatic nitrogens is 2. The average molecular weight is 350 g/mol. The Morgan fingerprint density at radius 1 is 1.36 bits per heavy atom. The Bertz CT molecular complexity index is 609. The van der Waals surface area contributed by atoms with Gasteiger partial charge in [-0.25, -0.2) is 0 Å². The molecule has 0 radical (unpaired) electrons. The molecule has 1 amide bonds. The second-order valence-electron chi connectivity index (χ2n) is 7.94. The monoisotopic (exact) mass is 350 g/mol. The van der Waals surface area contributed by atoms with Crippen LogP contribution in [-0.2, 0) is 21.5 Å². The summed E-state index contributed by atoms with van der Waals surface area (Å²) in [6.45, 7) is 6.73. The zero-order chi connectivity index (χ0) is 18.1. The van der Waals surface area contributed by atoms with E-state index >= 15 is 0 Å². The molecule has 2 saturated carbocycles. The maximum absolute atomic E-state index is 12.2. The van der Waals surface area contributed by atoms with Crippen LogP contribution in [0.15, 0.2) is 4.52 Å². The first-order valence-electron chi connectivity index (χ1n) is 9.39. The molecule has 0 saturated heterocycles. The highest BCUT2D eigenvalue weighted by molar-refractivity contribution is 5.78. The van der Waals surface area contributed by atoms with E-state index in [2.05, 4.69) is 29.3 Å². The summed E-state index contributed by atoms with van der Waals surface area (Å²) in [7, 11) is 0. The number of carbonyl (C=O) groups is 1. The number of nitrogens with one attached hydrogen (secondary N) is 1. The summed E-state index contributed by atoms with van der Waals surface area (Å²) in [5.41, 5.74) is 5.53. The molecule has 0 aliphatic heterocycles. The number of rotatable bonds is 6. The van der Waals surface area contributed by atoms with Gasteiger partial charge in [0.05, 0.1) is 12.5 Å². The summed E-state index contributed by atoms with van der Waals surface area (Å²) in [5.74, 6) is 0.739. The van der Waals surface area contributed by atoms with E-state index < -0.39 is 5.54 Å². The van der Waals surface area contributed by atoms with Crippen molar-refractivity contribution in [3.8, 4) is 0 Å². The van der Waals surface area contributed by atoms with Crippen molar-refractivity contribution < 1.29 is 14.1 Å². The van der Waals surface area contributed by atoms with Gasteiger partial charge >= 0.3 is 0 Å². The molecule has 2 fully saturated rings. The molecule has 7 nitrogen and oxygen atoms in total. The molecule has 7 heteroatoms. The van der Waals surface area contributed by atoms with Crippen LogP contribution in [-0.4, -0.2) is 34.8 Å². The number of hydrogen-bond donors (Lipinski definition) is 2. The fourth-order valence-corrected chi connectivity index (χ4v) is 3.97. The first-order valence-corrected chi connectivity index (χ1v) is 9.39. The molecule has 0 aromatic carbocycles. The van der Waals surface area contributed by atoms with Crippen LogP contribution in [0.25, 0.3) is 0 Å². The van der Waals surface area contributed by atoms with E-state index in [-0.39, 0.29) is 29.9 Å². The highest BCUT2D eigenvalue weighted by atomic mass is 16.5. The van der Waals surface area contributed by atoms with Gasteiger partial charge in [-0.15, -0.1) is 0 Å². The molecule has 1 aromatic heterocycles. The minimum atomic E-state index is -0.710. The molecule has 2 atom stereocenters. The largest absolute Gasteiger partial charge is 0.378 e. The Morgan fingerprint density at radius 2 is 2.08 bits per heavy atom. The smallest absolute Gasteiger partial charge is 0.247 e. The van der Waals surface area contributed by atoms with Crippen LogP contribution in [0.4, 0.5) is 0 Å². The van der Waals surface area contributed by atoms with E-state index in [1.54, 1.807) is 0 Å². The Kier molecular flexibility index (Phi) is 5.16. The summed E-state index contributed by atoms with van der Waals surface area (Å²) in [4.78, 5) is 16.6. The molecule has 0 spiro atoms. The van der Waals surface area contributed by atoms with Crippen LogP contribution >= 0.6 is 0 Å². The minimum Gasteiger partial charge on any atom is -0.378 e. The molecular formula is C18H30N4O3. The van der Waals surface area contributed by atoms with Gasteiger partial charge in [-0.2, -0.15) is 4.98 Å². The van der Waals surface area contributed by atoms with Gasteiger partial charge in [-0.3, -0.25) is 4.79 Å². The first-order chi connectivity index (χ1) is 11.9. The van der Waals surface area contributed by atoms with Crippen molar-refractivity contribution in [1.82, 2.24) is 15.5 Å². The molecule has 1 heterocycles. The van der Waals surface area contributed by atoms with Crippen molar-refractivity contribution in [3.05, 3.63) is 11.7 Å². The highest BCUT2D eigenvalue weighted by Gasteiger charge is 2.62. The Hall–Kier alpha value is -1.47. The molecule has 3 rings (SSSR count). The summed E-state index contributed by atoms with van der Waals surface area (Å²) in [5, 5.41) is 7.04. The number of nitrogens with two attached hydrogens (primary N) is 1. The van der Waals surface area contributed by atoms with Crippen molar-refractivity contribution in [1.29, 1.82) is 0 Å². The van der Waals surface area contributed by atoms with Gasteiger partial charge in [0.25, 0.3) is 0 Å². The van der Waals surface area contributed by atoms with E-state index in [9.17, 15) is 4.79 Å². The number of ether oxygens (including phenoxy) is 1. The number of carbonyl (C=O) groups excluding carboxylic acids is 1. The summed E-state index contributed by atoms with van der Waals surface area (Å²) in [6, 6.07) is 0.283. The summed E-state index contributed by atoms with van der Waals surface area (Å²) < 4.78 is 11.1. The van der Waals surface area contributed by atoms with Crippen molar-refractivity contribution in [2.75, 3.05) is 6.61 Å². The molecule has 140 valence electrons. The lowest BCUT2D eigenvalue weighted by molar-refractivity contribution is -0.162. The Balaban J connectivity index is 1.60. The number of nitrogens with zero attached hydrogens (tertiary/aromatic N) is 2. The third-order valence-corrected chi connectivity index (χ3v) is 5.97. The van der Waals surface area contributed by atoms with Gasteiger partial charge in [0.2, 0.25) is 11.8 Å². The average Bonchev–Trinajstić information content (AvgIpc) is 3.04.